The van der Waals surface area contributed by atoms with E-state index in [0.29, 0.717) is 17.9 Å². The summed E-state index contributed by atoms with van der Waals surface area (Å²) in [5, 5.41) is 10.0. The Bertz CT molecular complexity index is 987. The molecule has 0 aliphatic carbocycles. The monoisotopic (exact) mass is 400 g/mol. The Morgan fingerprint density at radius 3 is 2.45 bits per heavy atom. The Hall–Kier alpha value is -3.62. The molecule has 1 N–H and O–H groups in total. The second kappa shape index (κ2) is 8.17. The molecule has 9 nitrogen and oxygen atoms in total. The average molecular weight is 400 g/mol. The summed E-state index contributed by atoms with van der Waals surface area (Å²) in [5.41, 5.74) is 0.0555. The standard InChI is InChI=1S/C20H20N2O7/c1-4-29-20(26)17-16-15(12(23)10-21-17)18(24)22(19(16)25)8-7-11-5-6-13(27-2)14(9-11)28-3/h5-6,9-10,23H,4,7-8H2,1-3H3. The predicted molar refractivity (Wildman–Crippen MR) is 100 cm³/mol. The van der Waals surface area contributed by atoms with E-state index in [0.717, 1.165) is 16.7 Å². The number of ether oxygens (including phenoxy) is 3. The molecular weight excluding hydrogens is 380 g/mol. The van der Waals surface area contributed by atoms with Gasteiger partial charge in [0.1, 0.15) is 5.75 Å². The van der Waals surface area contributed by atoms with E-state index in [1.807, 2.05) is 0 Å². The molecule has 0 atom stereocenters. The van der Waals surface area contributed by atoms with Crippen LogP contribution in [0.15, 0.2) is 24.4 Å². The molecule has 2 amide bonds. The van der Waals surface area contributed by atoms with Gasteiger partial charge < -0.3 is 19.3 Å². The highest BCUT2D eigenvalue weighted by atomic mass is 16.5. The minimum absolute atomic E-state index is 0.0452. The zero-order valence-electron chi connectivity index (χ0n) is 16.2. The van der Waals surface area contributed by atoms with E-state index in [4.69, 9.17) is 14.2 Å². The van der Waals surface area contributed by atoms with Crippen molar-refractivity contribution >= 4 is 17.8 Å². The molecule has 0 unspecified atom stereocenters. The SMILES string of the molecule is CCOC(=O)c1ncc(O)c2c1C(=O)N(CCc1ccc(OC)c(OC)c1)C2=O. The van der Waals surface area contributed by atoms with Gasteiger partial charge in [-0.25, -0.2) is 9.78 Å². The minimum atomic E-state index is -0.827. The molecule has 0 saturated heterocycles. The van der Waals surface area contributed by atoms with Gasteiger partial charge in [0.15, 0.2) is 17.2 Å². The normalized spacial score (nSPS) is 12.7. The van der Waals surface area contributed by atoms with Crippen molar-refractivity contribution in [3.63, 3.8) is 0 Å². The number of aromatic hydroxyl groups is 1. The van der Waals surface area contributed by atoms with Gasteiger partial charge in [0, 0.05) is 6.54 Å². The number of rotatable bonds is 7. The Kier molecular flexibility index (Phi) is 5.67. The van der Waals surface area contributed by atoms with E-state index in [1.165, 1.54) is 14.2 Å². The number of methoxy groups -OCH3 is 2. The molecular formula is C20H20N2O7. The first-order chi connectivity index (χ1) is 13.9. The van der Waals surface area contributed by atoms with Gasteiger partial charge in [0.25, 0.3) is 11.8 Å². The Morgan fingerprint density at radius 1 is 1.10 bits per heavy atom. The first-order valence-corrected chi connectivity index (χ1v) is 8.89. The van der Waals surface area contributed by atoms with E-state index in [1.54, 1.807) is 25.1 Å². The number of imide groups is 1. The van der Waals surface area contributed by atoms with Crippen LogP contribution in [-0.2, 0) is 11.2 Å². The lowest BCUT2D eigenvalue weighted by molar-refractivity contribution is 0.0511. The molecule has 152 valence electrons. The van der Waals surface area contributed by atoms with E-state index in [9.17, 15) is 19.5 Å². The number of hydrogen-bond donors (Lipinski definition) is 1. The van der Waals surface area contributed by atoms with E-state index >= 15 is 0 Å². The van der Waals surface area contributed by atoms with Crippen LogP contribution in [0, 0.1) is 0 Å². The smallest absolute Gasteiger partial charge is 0.357 e. The number of fused-ring (bicyclic) bond motifs is 1. The third kappa shape index (κ3) is 3.58. The fourth-order valence-electron chi connectivity index (χ4n) is 3.12. The maximum Gasteiger partial charge on any atom is 0.357 e. The third-order valence-electron chi connectivity index (χ3n) is 4.52. The zero-order valence-corrected chi connectivity index (χ0v) is 16.2. The van der Waals surface area contributed by atoms with Gasteiger partial charge in [0.05, 0.1) is 38.2 Å². The number of esters is 1. The molecule has 1 aliphatic rings. The summed E-state index contributed by atoms with van der Waals surface area (Å²) in [4.78, 5) is 42.4. The van der Waals surface area contributed by atoms with Gasteiger partial charge >= 0.3 is 5.97 Å². The Labute approximate surface area is 166 Å². The molecule has 1 aliphatic heterocycles. The lowest BCUT2D eigenvalue weighted by atomic mass is 10.1. The molecule has 29 heavy (non-hydrogen) atoms. The van der Waals surface area contributed by atoms with Gasteiger partial charge in [0.2, 0.25) is 0 Å². The van der Waals surface area contributed by atoms with Crippen LogP contribution in [0.5, 0.6) is 17.2 Å². The molecule has 2 heterocycles. The first kappa shape index (κ1) is 20.1. The number of carbonyl (C=O) groups excluding carboxylic acids is 3. The number of pyridine rings is 1. The van der Waals surface area contributed by atoms with Gasteiger partial charge in [-0.15, -0.1) is 0 Å². The number of hydrogen-bond acceptors (Lipinski definition) is 8. The molecule has 1 aromatic heterocycles. The molecule has 3 rings (SSSR count). The van der Waals surface area contributed by atoms with E-state index < -0.39 is 23.5 Å². The predicted octanol–water partition coefficient (Wildman–Crippen LogP) is 1.82. The second-order valence-corrected chi connectivity index (χ2v) is 6.16. The highest BCUT2D eigenvalue weighted by Gasteiger charge is 2.42. The van der Waals surface area contributed by atoms with Crippen LogP contribution in [0.1, 0.15) is 43.7 Å². The molecule has 1 aromatic carbocycles. The van der Waals surface area contributed by atoms with E-state index in [2.05, 4.69) is 4.98 Å². The van der Waals surface area contributed by atoms with Crippen molar-refractivity contribution in [1.82, 2.24) is 9.88 Å². The topological polar surface area (TPSA) is 115 Å². The van der Waals surface area contributed by atoms with Gasteiger partial charge in [-0.05, 0) is 31.0 Å². The van der Waals surface area contributed by atoms with Crippen molar-refractivity contribution in [2.24, 2.45) is 0 Å². The van der Waals surface area contributed by atoms with Crippen LogP contribution in [0.4, 0.5) is 0 Å². The molecule has 0 saturated carbocycles. The summed E-state index contributed by atoms with van der Waals surface area (Å²) in [6.07, 6.45) is 1.31. The number of amides is 2. The van der Waals surface area contributed by atoms with Crippen LogP contribution in [0.3, 0.4) is 0 Å². The van der Waals surface area contributed by atoms with Crippen LogP contribution < -0.4 is 9.47 Å². The summed E-state index contributed by atoms with van der Waals surface area (Å²) in [5.74, 6) is -1.58. The average Bonchev–Trinajstić information content (AvgIpc) is 2.97. The number of aromatic nitrogens is 1. The number of benzene rings is 1. The summed E-state index contributed by atoms with van der Waals surface area (Å²) < 4.78 is 15.3. The minimum Gasteiger partial charge on any atom is -0.505 e. The van der Waals surface area contributed by atoms with Crippen LogP contribution in [0.25, 0.3) is 0 Å². The van der Waals surface area contributed by atoms with Crippen molar-refractivity contribution in [2.45, 2.75) is 13.3 Å². The first-order valence-electron chi connectivity index (χ1n) is 8.89. The van der Waals surface area contributed by atoms with Crippen molar-refractivity contribution in [1.29, 1.82) is 0 Å². The Balaban J connectivity index is 1.86. The lowest BCUT2D eigenvalue weighted by Gasteiger charge is -2.15. The molecule has 0 fully saturated rings. The van der Waals surface area contributed by atoms with Gasteiger partial charge in [-0.1, -0.05) is 6.07 Å². The summed E-state index contributed by atoms with van der Waals surface area (Å²) >= 11 is 0. The molecule has 0 bridgehead atoms. The largest absolute Gasteiger partial charge is 0.505 e. The second-order valence-electron chi connectivity index (χ2n) is 6.16. The third-order valence-corrected chi connectivity index (χ3v) is 4.52. The number of nitrogens with zero attached hydrogens (tertiary/aromatic N) is 2. The lowest BCUT2D eigenvalue weighted by Crippen LogP contribution is -2.32. The van der Waals surface area contributed by atoms with Gasteiger partial charge in [-0.2, -0.15) is 0 Å². The summed E-state index contributed by atoms with van der Waals surface area (Å²) in [6.45, 7) is 1.74. The van der Waals surface area contributed by atoms with Crippen LogP contribution >= 0.6 is 0 Å². The van der Waals surface area contributed by atoms with E-state index in [-0.39, 0.29) is 30.0 Å². The highest BCUT2D eigenvalue weighted by Crippen LogP contribution is 2.33. The van der Waals surface area contributed by atoms with Crippen molar-refractivity contribution in [3.8, 4) is 17.2 Å². The highest BCUT2D eigenvalue weighted by molar-refractivity contribution is 6.25. The van der Waals surface area contributed by atoms with Crippen molar-refractivity contribution in [2.75, 3.05) is 27.4 Å². The zero-order chi connectivity index (χ0) is 21.1. The van der Waals surface area contributed by atoms with Crippen LogP contribution in [-0.4, -0.2) is 60.1 Å². The van der Waals surface area contributed by atoms with Crippen molar-refractivity contribution in [3.05, 3.63) is 46.8 Å². The fraction of sp³-hybridized carbons (Fsp3) is 0.300. The fourth-order valence-corrected chi connectivity index (χ4v) is 3.12. The van der Waals surface area contributed by atoms with Crippen molar-refractivity contribution < 1.29 is 33.7 Å². The summed E-state index contributed by atoms with van der Waals surface area (Å²) in [6, 6.07) is 5.27. The Morgan fingerprint density at radius 2 is 1.79 bits per heavy atom. The molecule has 0 radical (unpaired) electrons. The van der Waals surface area contributed by atoms with Crippen LogP contribution in [0.2, 0.25) is 0 Å². The molecule has 2 aromatic rings. The summed E-state index contributed by atoms with van der Waals surface area (Å²) in [7, 11) is 3.04. The maximum atomic E-state index is 12.8. The quantitative estimate of drug-likeness (QED) is 0.553. The van der Waals surface area contributed by atoms with Gasteiger partial charge in [-0.3, -0.25) is 14.5 Å². The molecule has 9 heteroatoms. The molecule has 0 spiro atoms. The number of carbonyl (C=O) groups is 3. The maximum absolute atomic E-state index is 12.8.